The second kappa shape index (κ2) is 5.23. The Kier molecular flexibility index (Phi) is 4.23. The molecule has 0 bridgehead atoms. The van der Waals surface area contributed by atoms with Crippen molar-refractivity contribution in [2.45, 2.75) is 20.5 Å². The van der Waals surface area contributed by atoms with Gasteiger partial charge in [-0.2, -0.15) is 0 Å². The van der Waals surface area contributed by atoms with E-state index in [2.05, 4.69) is 13.8 Å². The largest absolute Gasteiger partial charge is 0.399 e. The van der Waals surface area contributed by atoms with Crippen LogP contribution in [0.4, 0.5) is 5.69 Å². The van der Waals surface area contributed by atoms with Gasteiger partial charge in [-0.3, -0.25) is 0 Å². The monoisotopic (exact) mass is 213 g/mol. The van der Waals surface area contributed by atoms with E-state index in [1.807, 2.05) is 6.07 Å². The lowest BCUT2D eigenvalue weighted by atomic mass is 10.2. The highest BCUT2D eigenvalue weighted by Crippen LogP contribution is 2.19. The first-order chi connectivity index (χ1) is 6.59. The molecule has 14 heavy (non-hydrogen) atoms. The maximum atomic E-state index is 5.98. The van der Waals surface area contributed by atoms with E-state index in [1.54, 1.807) is 12.1 Å². The zero-order valence-electron chi connectivity index (χ0n) is 8.59. The van der Waals surface area contributed by atoms with Crippen LogP contribution in [0.1, 0.15) is 19.4 Å². The van der Waals surface area contributed by atoms with E-state index in [-0.39, 0.29) is 0 Å². The number of rotatable bonds is 4. The Bertz CT molecular complexity index is 299. The molecule has 0 aliphatic carbocycles. The molecule has 2 N–H and O–H groups in total. The van der Waals surface area contributed by atoms with Crippen LogP contribution in [0.3, 0.4) is 0 Å². The quantitative estimate of drug-likeness (QED) is 0.781. The Morgan fingerprint density at radius 3 is 2.79 bits per heavy atom. The van der Waals surface area contributed by atoms with E-state index in [4.69, 9.17) is 22.1 Å². The number of benzene rings is 1. The topological polar surface area (TPSA) is 35.2 Å². The summed E-state index contributed by atoms with van der Waals surface area (Å²) in [5.74, 6) is 0.537. The third kappa shape index (κ3) is 3.56. The molecule has 0 aliphatic rings. The van der Waals surface area contributed by atoms with Crippen molar-refractivity contribution in [1.82, 2.24) is 0 Å². The van der Waals surface area contributed by atoms with Gasteiger partial charge in [0.05, 0.1) is 6.61 Å². The van der Waals surface area contributed by atoms with Gasteiger partial charge in [-0.05, 0) is 29.7 Å². The fourth-order valence-electron chi connectivity index (χ4n) is 1.11. The van der Waals surface area contributed by atoms with E-state index in [0.717, 1.165) is 17.9 Å². The molecule has 0 unspecified atom stereocenters. The molecule has 0 heterocycles. The Labute approximate surface area is 90.0 Å². The van der Waals surface area contributed by atoms with Crippen LogP contribution in [0.2, 0.25) is 5.02 Å². The minimum Gasteiger partial charge on any atom is -0.399 e. The molecule has 1 aromatic rings. The van der Waals surface area contributed by atoms with Gasteiger partial charge in [-0.25, -0.2) is 0 Å². The van der Waals surface area contributed by atoms with Crippen molar-refractivity contribution >= 4 is 17.3 Å². The summed E-state index contributed by atoms with van der Waals surface area (Å²) in [5, 5.41) is 0.711. The second-order valence-corrected chi connectivity index (χ2v) is 4.17. The van der Waals surface area contributed by atoms with E-state index < -0.39 is 0 Å². The van der Waals surface area contributed by atoms with E-state index in [0.29, 0.717) is 17.5 Å². The van der Waals surface area contributed by atoms with E-state index in [1.165, 1.54) is 0 Å². The number of anilines is 1. The second-order valence-electron chi connectivity index (χ2n) is 3.76. The Balaban J connectivity index is 2.53. The van der Waals surface area contributed by atoms with E-state index >= 15 is 0 Å². The van der Waals surface area contributed by atoms with Crippen LogP contribution in [0.15, 0.2) is 18.2 Å². The summed E-state index contributed by atoms with van der Waals surface area (Å²) >= 11 is 5.98. The maximum absolute atomic E-state index is 5.98. The molecule has 0 atom stereocenters. The Hall–Kier alpha value is -0.730. The van der Waals surface area contributed by atoms with Crippen molar-refractivity contribution in [3.05, 3.63) is 28.8 Å². The zero-order valence-corrected chi connectivity index (χ0v) is 9.34. The van der Waals surface area contributed by atoms with Gasteiger partial charge in [-0.15, -0.1) is 0 Å². The lowest BCUT2D eigenvalue weighted by Gasteiger charge is -2.08. The van der Waals surface area contributed by atoms with Crippen LogP contribution in [0, 0.1) is 5.92 Å². The predicted octanol–water partition coefficient (Wildman–Crippen LogP) is 3.09. The summed E-state index contributed by atoms with van der Waals surface area (Å²) in [4.78, 5) is 0. The Morgan fingerprint density at radius 1 is 1.43 bits per heavy atom. The summed E-state index contributed by atoms with van der Waals surface area (Å²) in [5.41, 5.74) is 7.32. The average molecular weight is 214 g/mol. The molecule has 0 amide bonds. The number of nitrogens with two attached hydrogens (primary N) is 1. The lowest BCUT2D eigenvalue weighted by Crippen LogP contribution is -2.02. The van der Waals surface area contributed by atoms with Crippen LogP contribution in [0.5, 0.6) is 0 Å². The van der Waals surface area contributed by atoms with Crippen LogP contribution >= 0.6 is 11.6 Å². The molecular formula is C11H16ClNO. The van der Waals surface area contributed by atoms with Crippen molar-refractivity contribution in [2.24, 2.45) is 5.92 Å². The van der Waals surface area contributed by atoms with Crippen molar-refractivity contribution < 1.29 is 4.74 Å². The highest BCUT2D eigenvalue weighted by atomic mass is 35.5. The molecule has 3 heteroatoms. The van der Waals surface area contributed by atoms with Gasteiger partial charge in [0, 0.05) is 17.3 Å². The van der Waals surface area contributed by atoms with Crippen molar-refractivity contribution in [2.75, 3.05) is 12.3 Å². The third-order valence-electron chi connectivity index (χ3n) is 1.78. The first kappa shape index (κ1) is 11.3. The first-order valence-corrected chi connectivity index (χ1v) is 5.09. The van der Waals surface area contributed by atoms with Crippen LogP contribution in [-0.2, 0) is 11.3 Å². The molecule has 0 radical (unpaired) electrons. The summed E-state index contributed by atoms with van der Waals surface area (Å²) in [6, 6.07) is 5.43. The molecule has 78 valence electrons. The van der Waals surface area contributed by atoms with E-state index in [9.17, 15) is 0 Å². The van der Waals surface area contributed by atoms with Crippen molar-refractivity contribution in [3.63, 3.8) is 0 Å². The number of nitrogen functional groups attached to an aromatic ring is 1. The zero-order chi connectivity index (χ0) is 10.6. The van der Waals surface area contributed by atoms with Gasteiger partial charge < -0.3 is 10.5 Å². The number of ether oxygens (including phenoxy) is 1. The molecule has 2 nitrogen and oxygen atoms in total. The van der Waals surface area contributed by atoms with Gasteiger partial charge in [0.2, 0.25) is 0 Å². The summed E-state index contributed by atoms with van der Waals surface area (Å²) in [7, 11) is 0. The minimum atomic E-state index is 0.530. The molecule has 0 aromatic heterocycles. The van der Waals surface area contributed by atoms with Crippen LogP contribution < -0.4 is 5.73 Å². The van der Waals surface area contributed by atoms with Crippen molar-refractivity contribution in [3.8, 4) is 0 Å². The number of hydrogen-bond donors (Lipinski definition) is 1. The molecule has 0 saturated heterocycles. The molecule has 0 spiro atoms. The van der Waals surface area contributed by atoms with Gasteiger partial charge >= 0.3 is 0 Å². The average Bonchev–Trinajstić information content (AvgIpc) is 2.10. The van der Waals surface area contributed by atoms with Gasteiger partial charge in [0.1, 0.15) is 0 Å². The molecule has 0 fully saturated rings. The van der Waals surface area contributed by atoms with Gasteiger partial charge in [-0.1, -0.05) is 25.4 Å². The third-order valence-corrected chi connectivity index (χ3v) is 2.15. The lowest BCUT2D eigenvalue weighted by molar-refractivity contribution is 0.0971. The number of hydrogen-bond acceptors (Lipinski definition) is 2. The highest BCUT2D eigenvalue weighted by Gasteiger charge is 2.01. The molecular weight excluding hydrogens is 198 g/mol. The fourth-order valence-corrected chi connectivity index (χ4v) is 1.28. The van der Waals surface area contributed by atoms with Crippen LogP contribution in [-0.4, -0.2) is 6.61 Å². The first-order valence-electron chi connectivity index (χ1n) is 4.71. The van der Waals surface area contributed by atoms with Gasteiger partial charge in [0.15, 0.2) is 0 Å². The van der Waals surface area contributed by atoms with Crippen LogP contribution in [0.25, 0.3) is 0 Å². The summed E-state index contributed by atoms with van der Waals surface area (Å²) in [6.07, 6.45) is 0. The normalized spacial score (nSPS) is 10.9. The number of halogens is 1. The maximum Gasteiger partial charge on any atom is 0.0732 e. The Morgan fingerprint density at radius 2 is 2.14 bits per heavy atom. The molecule has 0 aliphatic heterocycles. The summed E-state index contributed by atoms with van der Waals surface area (Å²) in [6.45, 7) is 5.50. The molecule has 1 aromatic carbocycles. The summed E-state index contributed by atoms with van der Waals surface area (Å²) < 4.78 is 5.48. The predicted molar refractivity (Wildman–Crippen MR) is 60.4 cm³/mol. The molecule has 1 rings (SSSR count). The standard InChI is InChI=1S/C11H16ClNO/c1-8(2)6-14-7-9-5-10(13)3-4-11(9)12/h3-5,8H,6-7,13H2,1-2H3. The highest BCUT2D eigenvalue weighted by molar-refractivity contribution is 6.31. The van der Waals surface area contributed by atoms with Crippen molar-refractivity contribution in [1.29, 1.82) is 0 Å². The SMILES string of the molecule is CC(C)COCc1cc(N)ccc1Cl. The van der Waals surface area contributed by atoms with Gasteiger partial charge in [0.25, 0.3) is 0 Å². The minimum absolute atomic E-state index is 0.530. The molecule has 0 saturated carbocycles. The smallest absolute Gasteiger partial charge is 0.0732 e. The fraction of sp³-hybridized carbons (Fsp3) is 0.455.